The second kappa shape index (κ2) is 8.60. The second-order valence-electron chi connectivity index (χ2n) is 5.53. The number of aryl methyl sites for hydroxylation is 1. The van der Waals surface area contributed by atoms with Crippen LogP contribution in [0.5, 0.6) is 0 Å². The van der Waals surface area contributed by atoms with Crippen molar-refractivity contribution < 1.29 is 14.6 Å². The summed E-state index contributed by atoms with van der Waals surface area (Å²) in [5.74, 6) is -0.0774. The first-order valence-corrected chi connectivity index (χ1v) is 7.13. The Morgan fingerprint density at radius 1 is 1.38 bits per heavy atom. The number of aliphatic hydroxyl groups excluding tert-OH is 1. The van der Waals surface area contributed by atoms with Crippen molar-refractivity contribution >= 4 is 12.0 Å². The quantitative estimate of drug-likeness (QED) is 0.772. The van der Waals surface area contributed by atoms with E-state index in [2.05, 4.69) is 5.32 Å². The van der Waals surface area contributed by atoms with Crippen LogP contribution in [0, 0.1) is 6.92 Å². The first kappa shape index (κ1) is 17.4. The number of rotatable bonds is 8. The lowest BCUT2D eigenvalue weighted by molar-refractivity contribution is -0.122. The number of hydrogen-bond donors (Lipinski definition) is 2. The van der Waals surface area contributed by atoms with Gasteiger partial charge in [0.1, 0.15) is 0 Å². The lowest BCUT2D eigenvalue weighted by Gasteiger charge is -2.29. The SMILES string of the molecule is COCC(C)(CCO)NC(=O)C/C=C/c1ccc(C)cc1. The summed E-state index contributed by atoms with van der Waals surface area (Å²) in [6.07, 6.45) is 4.54. The number of carbonyl (C=O) groups excluding carboxylic acids is 1. The molecular weight excluding hydrogens is 266 g/mol. The Kier molecular flexibility index (Phi) is 7.12. The van der Waals surface area contributed by atoms with Gasteiger partial charge in [0.15, 0.2) is 0 Å². The Hall–Kier alpha value is -1.65. The highest BCUT2D eigenvalue weighted by molar-refractivity contribution is 5.79. The maximum absolute atomic E-state index is 12.0. The van der Waals surface area contributed by atoms with Crippen molar-refractivity contribution in [2.75, 3.05) is 20.3 Å². The molecule has 2 N–H and O–H groups in total. The van der Waals surface area contributed by atoms with Crippen LogP contribution in [0.3, 0.4) is 0 Å². The highest BCUT2D eigenvalue weighted by Crippen LogP contribution is 2.10. The number of hydrogen-bond acceptors (Lipinski definition) is 3. The first-order valence-electron chi connectivity index (χ1n) is 7.13. The van der Waals surface area contributed by atoms with Crippen LogP contribution >= 0.6 is 0 Å². The van der Waals surface area contributed by atoms with Gasteiger partial charge in [-0.3, -0.25) is 4.79 Å². The van der Waals surface area contributed by atoms with Crippen molar-refractivity contribution in [1.29, 1.82) is 0 Å². The van der Waals surface area contributed by atoms with Gasteiger partial charge in [0.05, 0.1) is 12.1 Å². The van der Waals surface area contributed by atoms with Gasteiger partial charge in [0.2, 0.25) is 5.91 Å². The van der Waals surface area contributed by atoms with Crippen LogP contribution in [0.25, 0.3) is 6.08 Å². The number of amides is 1. The third kappa shape index (κ3) is 6.56. The lowest BCUT2D eigenvalue weighted by atomic mass is 9.99. The Labute approximate surface area is 126 Å². The van der Waals surface area contributed by atoms with Crippen molar-refractivity contribution in [2.45, 2.75) is 32.2 Å². The van der Waals surface area contributed by atoms with Gasteiger partial charge in [-0.1, -0.05) is 42.0 Å². The summed E-state index contributed by atoms with van der Waals surface area (Å²) in [7, 11) is 1.58. The molecule has 1 aromatic rings. The van der Waals surface area contributed by atoms with Gasteiger partial charge in [-0.2, -0.15) is 0 Å². The first-order chi connectivity index (χ1) is 9.99. The summed E-state index contributed by atoms with van der Waals surface area (Å²) < 4.78 is 5.10. The minimum Gasteiger partial charge on any atom is -0.396 e. The monoisotopic (exact) mass is 291 g/mol. The Bertz CT molecular complexity index is 459. The summed E-state index contributed by atoms with van der Waals surface area (Å²) >= 11 is 0. The molecule has 0 heterocycles. The van der Waals surface area contributed by atoms with E-state index >= 15 is 0 Å². The highest BCUT2D eigenvalue weighted by Gasteiger charge is 2.25. The van der Waals surface area contributed by atoms with Gasteiger partial charge in [-0.05, 0) is 25.8 Å². The minimum absolute atomic E-state index is 0.0132. The average molecular weight is 291 g/mol. The molecule has 0 bridgehead atoms. The van der Waals surface area contributed by atoms with E-state index in [4.69, 9.17) is 9.84 Å². The second-order valence-corrected chi connectivity index (χ2v) is 5.53. The summed E-state index contributed by atoms with van der Waals surface area (Å²) in [5, 5.41) is 12.0. The van der Waals surface area contributed by atoms with E-state index in [1.54, 1.807) is 7.11 Å². The number of aliphatic hydroxyl groups is 1. The van der Waals surface area contributed by atoms with E-state index in [0.29, 0.717) is 19.4 Å². The molecule has 1 rings (SSSR count). The molecule has 0 saturated heterocycles. The predicted octanol–water partition coefficient (Wildman–Crippen LogP) is 2.30. The molecular formula is C17H25NO3. The molecule has 0 aliphatic heterocycles. The summed E-state index contributed by atoms with van der Waals surface area (Å²) in [6.45, 7) is 4.30. The zero-order chi connectivity index (χ0) is 15.7. The van der Waals surface area contributed by atoms with Gasteiger partial charge in [0.25, 0.3) is 0 Å². The van der Waals surface area contributed by atoms with Crippen LogP contribution in [0.4, 0.5) is 0 Å². The van der Waals surface area contributed by atoms with Crippen LogP contribution in [0.15, 0.2) is 30.3 Å². The van der Waals surface area contributed by atoms with Gasteiger partial charge < -0.3 is 15.2 Å². The van der Waals surface area contributed by atoms with E-state index in [-0.39, 0.29) is 12.5 Å². The molecule has 0 radical (unpaired) electrons. The Balaban J connectivity index is 2.50. The van der Waals surface area contributed by atoms with Crippen molar-refractivity contribution in [3.63, 3.8) is 0 Å². The zero-order valence-electron chi connectivity index (χ0n) is 13.1. The van der Waals surface area contributed by atoms with Crippen molar-refractivity contribution in [3.8, 4) is 0 Å². The van der Waals surface area contributed by atoms with Gasteiger partial charge >= 0.3 is 0 Å². The number of ether oxygens (including phenoxy) is 1. The summed E-state index contributed by atoms with van der Waals surface area (Å²) in [4.78, 5) is 12.0. The summed E-state index contributed by atoms with van der Waals surface area (Å²) in [5.41, 5.74) is 1.76. The van der Waals surface area contributed by atoms with Gasteiger partial charge in [-0.15, -0.1) is 0 Å². The maximum atomic E-state index is 12.0. The largest absolute Gasteiger partial charge is 0.396 e. The molecule has 4 heteroatoms. The lowest BCUT2D eigenvalue weighted by Crippen LogP contribution is -2.49. The van der Waals surface area contributed by atoms with E-state index < -0.39 is 5.54 Å². The molecule has 0 fully saturated rings. The van der Waals surface area contributed by atoms with Crippen LogP contribution in [-0.4, -0.2) is 36.9 Å². The van der Waals surface area contributed by atoms with Gasteiger partial charge in [0, 0.05) is 20.1 Å². The molecule has 4 nitrogen and oxygen atoms in total. The van der Waals surface area contributed by atoms with E-state index in [1.807, 2.05) is 50.3 Å². The number of methoxy groups -OCH3 is 1. The normalized spacial score (nSPS) is 14.1. The smallest absolute Gasteiger partial charge is 0.224 e. The summed E-state index contributed by atoms with van der Waals surface area (Å²) in [6, 6.07) is 8.11. The predicted molar refractivity (Wildman–Crippen MR) is 85.0 cm³/mol. The van der Waals surface area contributed by atoms with E-state index in [9.17, 15) is 4.79 Å². The van der Waals surface area contributed by atoms with Crippen LogP contribution in [0.2, 0.25) is 0 Å². The third-order valence-electron chi connectivity index (χ3n) is 3.26. The molecule has 0 aliphatic rings. The van der Waals surface area contributed by atoms with Crippen LogP contribution in [0.1, 0.15) is 30.9 Å². The molecule has 1 unspecified atom stereocenters. The molecule has 0 aromatic heterocycles. The van der Waals surface area contributed by atoms with E-state index in [1.165, 1.54) is 5.56 Å². The highest BCUT2D eigenvalue weighted by atomic mass is 16.5. The number of benzene rings is 1. The topological polar surface area (TPSA) is 58.6 Å². The maximum Gasteiger partial charge on any atom is 0.224 e. The molecule has 1 amide bonds. The fourth-order valence-electron chi connectivity index (χ4n) is 2.10. The molecule has 1 atom stereocenters. The molecule has 0 aliphatic carbocycles. The fourth-order valence-corrected chi connectivity index (χ4v) is 2.10. The van der Waals surface area contributed by atoms with Crippen LogP contribution < -0.4 is 5.32 Å². The van der Waals surface area contributed by atoms with Crippen molar-refractivity contribution in [1.82, 2.24) is 5.32 Å². The molecule has 0 saturated carbocycles. The minimum atomic E-state index is -0.529. The molecule has 1 aromatic carbocycles. The third-order valence-corrected chi connectivity index (χ3v) is 3.26. The molecule has 0 spiro atoms. The Morgan fingerprint density at radius 2 is 2.05 bits per heavy atom. The van der Waals surface area contributed by atoms with E-state index in [0.717, 1.165) is 5.56 Å². The number of nitrogens with one attached hydrogen (secondary N) is 1. The average Bonchev–Trinajstić information content (AvgIpc) is 2.41. The van der Waals surface area contributed by atoms with Gasteiger partial charge in [-0.25, -0.2) is 0 Å². The standard InChI is InChI=1S/C17H25NO3/c1-14-7-9-15(10-8-14)5-4-6-16(20)18-17(2,11-12-19)13-21-3/h4-5,7-10,19H,6,11-13H2,1-3H3,(H,18,20)/b5-4+. The fraction of sp³-hybridized carbons (Fsp3) is 0.471. The number of carbonyl (C=O) groups is 1. The van der Waals surface area contributed by atoms with Crippen molar-refractivity contribution in [2.24, 2.45) is 0 Å². The zero-order valence-corrected chi connectivity index (χ0v) is 13.1. The molecule has 21 heavy (non-hydrogen) atoms. The van der Waals surface area contributed by atoms with Crippen LogP contribution in [-0.2, 0) is 9.53 Å². The molecule has 116 valence electrons. The Morgan fingerprint density at radius 3 is 2.62 bits per heavy atom. The van der Waals surface area contributed by atoms with Crippen molar-refractivity contribution in [3.05, 3.63) is 41.5 Å².